The molecule has 3 saturated carbocycles. The van der Waals surface area contributed by atoms with Crippen LogP contribution in [0.3, 0.4) is 0 Å². The molecule has 0 radical (unpaired) electrons. The van der Waals surface area contributed by atoms with Crippen molar-refractivity contribution in [3.63, 3.8) is 0 Å². The Morgan fingerprint density at radius 3 is 2.53 bits per heavy atom. The molecule has 4 fully saturated rings. The predicted octanol–water partition coefficient (Wildman–Crippen LogP) is 3.91. The molecule has 1 heterocycles. The summed E-state index contributed by atoms with van der Waals surface area (Å²) >= 11 is 6.49. The van der Waals surface area contributed by atoms with Crippen molar-refractivity contribution in [3.05, 3.63) is 0 Å². The van der Waals surface area contributed by atoms with E-state index in [1.165, 1.54) is 6.42 Å². The van der Waals surface area contributed by atoms with Crippen LogP contribution in [0.15, 0.2) is 0 Å². The topological polar surface area (TPSA) is 18.5 Å². The van der Waals surface area contributed by atoms with Crippen molar-refractivity contribution in [2.45, 2.75) is 70.9 Å². The highest BCUT2D eigenvalue weighted by atomic mass is 35.5. The minimum Gasteiger partial charge on any atom is -0.404 e. The highest BCUT2D eigenvalue weighted by Gasteiger charge is 2.68. The van der Waals surface area contributed by atoms with E-state index in [1.807, 2.05) is 0 Å². The number of halogens is 1. The number of alkyl halides is 1. The summed E-state index contributed by atoms with van der Waals surface area (Å²) in [5.41, 5.74) is 0.288. The van der Waals surface area contributed by atoms with Gasteiger partial charge in [0.25, 0.3) is 0 Å². The van der Waals surface area contributed by atoms with Crippen LogP contribution < -0.4 is 0 Å². The number of hydrogen-bond donors (Lipinski definition) is 0. The van der Waals surface area contributed by atoms with Gasteiger partial charge in [-0.2, -0.15) is 0 Å². The van der Waals surface area contributed by atoms with Crippen LogP contribution in [0.4, 0.5) is 0 Å². The number of hydrogen-bond acceptors (Lipinski definition) is 2. The van der Waals surface area contributed by atoms with E-state index in [9.17, 15) is 0 Å². The van der Waals surface area contributed by atoms with Crippen molar-refractivity contribution < 1.29 is 9.31 Å². The maximum atomic E-state index is 6.49. The average Bonchev–Trinajstić information content (AvgIpc) is 2.64. The Morgan fingerprint density at radius 2 is 1.95 bits per heavy atom. The third-order valence-electron chi connectivity index (χ3n) is 5.96. The molecule has 19 heavy (non-hydrogen) atoms. The Kier molecular flexibility index (Phi) is 3.28. The normalized spacial score (nSPS) is 45.0. The second-order valence-electron chi connectivity index (χ2n) is 7.98. The zero-order valence-corrected chi connectivity index (χ0v) is 13.5. The second kappa shape index (κ2) is 4.38. The van der Waals surface area contributed by atoms with Crippen LogP contribution in [-0.2, 0) is 9.31 Å². The summed E-state index contributed by atoms with van der Waals surface area (Å²) in [6, 6.07) is 0. The zero-order chi connectivity index (χ0) is 14.0. The smallest absolute Gasteiger partial charge is 0.404 e. The lowest BCUT2D eigenvalue weighted by Crippen LogP contribution is -2.65. The van der Waals surface area contributed by atoms with Gasteiger partial charge in [0.15, 0.2) is 0 Å². The minimum atomic E-state index is -0.214. The lowest BCUT2D eigenvalue weighted by Gasteiger charge is -2.64. The molecular formula is C15H26BClO2. The second-order valence-corrected chi connectivity index (χ2v) is 8.54. The summed E-state index contributed by atoms with van der Waals surface area (Å²) in [5.74, 6) is 2.00. The van der Waals surface area contributed by atoms with Gasteiger partial charge in [0.05, 0.1) is 17.0 Å². The molecule has 4 aliphatic rings. The molecule has 0 amide bonds. The molecule has 1 aliphatic heterocycles. The first-order valence-electron chi connectivity index (χ1n) is 7.72. The molecule has 1 saturated heterocycles. The molecule has 2 nitrogen and oxygen atoms in total. The summed E-state index contributed by atoms with van der Waals surface area (Å²) in [6.45, 7) is 11.4. The van der Waals surface area contributed by atoms with Crippen LogP contribution in [0.1, 0.15) is 53.9 Å². The summed E-state index contributed by atoms with van der Waals surface area (Å²) in [5, 5.41) is -0.0252. The third kappa shape index (κ3) is 1.99. The maximum Gasteiger partial charge on any atom is 0.476 e. The summed E-state index contributed by atoms with van der Waals surface area (Å²) in [7, 11) is -0.214. The summed E-state index contributed by atoms with van der Waals surface area (Å²) in [4.78, 5) is 0. The Hall–Kier alpha value is 0.275. The van der Waals surface area contributed by atoms with Gasteiger partial charge in [0.1, 0.15) is 0 Å². The van der Waals surface area contributed by atoms with E-state index in [-0.39, 0.29) is 24.1 Å². The maximum absolute atomic E-state index is 6.49. The molecule has 0 aromatic carbocycles. The molecule has 4 heteroatoms. The van der Waals surface area contributed by atoms with Crippen LogP contribution in [0, 0.1) is 23.2 Å². The fourth-order valence-electron chi connectivity index (χ4n) is 4.61. The van der Waals surface area contributed by atoms with Gasteiger partial charge in [-0.05, 0) is 49.4 Å². The molecule has 2 bridgehead atoms. The third-order valence-corrected chi connectivity index (χ3v) is 6.34. The van der Waals surface area contributed by atoms with Gasteiger partial charge >= 0.3 is 7.12 Å². The van der Waals surface area contributed by atoms with Crippen molar-refractivity contribution in [2.75, 3.05) is 0 Å². The van der Waals surface area contributed by atoms with Crippen molar-refractivity contribution in [1.82, 2.24) is 0 Å². The van der Waals surface area contributed by atoms with E-state index >= 15 is 0 Å². The van der Waals surface area contributed by atoms with E-state index in [0.29, 0.717) is 17.3 Å². The highest BCUT2D eigenvalue weighted by Crippen LogP contribution is 2.65. The molecular weight excluding hydrogens is 258 g/mol. The Bertz CT molecular complexity index is 373. The van der Waals surface area contributed by atoms with Gasteiger partial charge < -0.3 is 9.31 Å². The summed E-state index contributed by atoms with van der Waals surface area (Å²) in [6.07, 6.45) is 3.64. The van der Waals surface area contributed by atoms with Gasteiger partial charge in [0, 0.05) is 0 Å². The fourth-order valence-corrected chi connectivity index (χ4v) is 5.08. The lowest BCUT2D eigenvalue weighted by molar-refractivity contribution is -0.199. The van der Waals surface area contributed by atoms with E-state index < -0.39 is 0 Å². The predicted molar refractivity (Wildman–Crippen MR) is 79.2 cm³/mol. The van der Waals surface area contributed by atoms with Crippen LogP contribution in [0.2, 0.25) is 0 Å². The molecule has 3 aliphatic carbocycles. The largest absolute Gasteiger partial charge is 0.476 e. The van der Waals surface area contributed by atoms with Gasteiger partial charge in [-0.3, -0.25) is 0 Å². The van der Waals surface area contributed by atoms with Gasteiger partial charge in [-0.25, -0.2) is 0 Å². The summed E-state index contributed by atoms with van der Waals surface area (Å²) < 4.78 is 12.5. The van der Waals surface area contributed by atoms with Crippen molar-refractivity contribution in [2.24, 2.45) is 23.2 Å². The standard InChI is InChI=1S/C15H26BClO2/c1-9(2)6-13(17)16-18-12-8-10-7-11(14(10,3)4)15(12,5)19-16/h9-13H,6-8H2,1-5H3/t10-,11-,12+,13?,15-/m0/s1. The first-order chi connectivity index (χ1) is 8.75. The van der Waals surface area contributed by atoms with Crippen molar-refractivity contribution in [1.29, 1.82) is 0 Å². The average molecular weight is 285 g/mol. The van der Waals surface area contributed by atoms with Crippen molar-refractivity contribution >= 4 is 18.7 Å². The van der Waals surface area contributed by atoms with E-state index in [0.717, 1.165) is 18.8 Å². The lowest BCUT2D eigenvalue weighted by atomic mass is 9.43. The van der Waals surface area contributed by atoms with E-state index in [4.69, 9.17) is 20.9 Å². The Labute approximate surface area is 122 Å². The van der Waals surface area contributed by atoms with E-state index in [1.54, 1.807) is 0 Å². The van der Waals surface area contributed by atoms with Crippen molar-refractivity contribution in [3.8, 4) is 0 Å². The highest BCUT2D eigenvalue weighted by molar-refractivity contribution is 6.59. The molecule has 4 rings (SSSR count). The Morgan fingerprint density at radius 1 is 1.26 bits per heavy atom. The quantitative estimate of drug-likeness (QED) is 0.578. The first kappa shape index (κ1) is 14.2. The SMILES string of the molecule is CC(C)CC(Cl)B1O[C@@H]2C[C@@H]3C[C@@H](C3(C)C)[C@]2(C)O1. The minimum absolute atomic E-state index is 0.0252. The van der Waals surface area contributed by atoms with Crippen LogP contribution in [0.25, 0.3) is 0 Å². The van der Waals surface area contributed by atoms with Crippen LogP contribution in [-0.4, -0.2) is 24.1 Å². The molecule has 5 atom stereocenters. The molecule has 0 N–H and O–H groups in total. The van der Waals surface area contributed by atoms with E-state index in [2.05, 4.69) is 34.6 Å². The van der Waals surface area contributed by atoms with Crippen LogP contribution >= 0.6 is 11.6 Å². The molecule has 0 spiro atoms. The molecule has 1 unspecified atom stereocenters. The first-order valence-corrected chi connectivity index (χ1v) is 8.16. The Balaban J connectivity index is 1.74. The van der Waals surface area contributed by atoms with Crippen LogP contribution in [0.5, 0.6) is 0 Å². The molecule has 108 valence electrons. The monoisotopic (exact) mass is 284 g/mol. The zero-order valence-electron chi connectivity index (χ0n) is 12.8. The van der Waals surface area contributed by atoms with Gasteiger partial charge in [-0.15, -0.1) is 11.6 Å². The number of rotatable bonds is 3. The molecule has 0 aromatic heterocycles. The van der Waals surface area contributed by atoms with Gasteiger partial charge in [-0.1, -0.05) is 27.7 Å². The van der Waals surface area contributed by atoms with Gasteiger partial charge in [0.2, 0.25) is 0 Å². The fraction of sp³-hybridized carbons (Fsp3) is 1.00. The molecule has 0 aromatic rings.